The molecule has 2 rings (SSSR count). The fourth-order valence-electron chi connectivity index (χ4n) is 2.78. The lowest BCUT2D eigenvalue weighted by molar-refractivity contribution is 0.140. The van der Waals surface area contributed by atoms with Crippen molar-refractivity contribution in [1.82, 2.24) is 10.2 Å². The number of halogens is 1. The summed E-state index contributed by atoms with van der Waals surface area (Å²) in [5.74, 6) is 0.789. The van der Waals surface area contributed by atoms with Crippen LogP contribution in [0.5, 0.6) is 17.2 Å². The van der Waals surface area contributed by atoms with Crippen LogP contribution in [-0.2, 0) is 0 Å². The van der Waals surface area contributed by atoms with Crippen LogP contribution < -0.4 is 14.8 Å². The van der Waals surface area contributed by atoms with Gasteiger partial charge in [-0.25, -0.2) is 0 Å². The van der Waals surface area contributed by atoms with E-state index in [1.807, 2.05) is 12.1 Å². The number of rotatable bonds is 6. The lowest BCUT2D eigenvalue weighted by Gasteiger charge is -2.35. The average Bonchev–Trinajstić information content (AvgIpc) is 2.54. The molecule has 1 aliphatic rings. The Hall–Kier alpha value is -1.21. The number of aliphatic hydroxyl groups is 1. The number of piperazine rings is 1. The summed E-state index contributed by atoms with van der Waals surface area (Å²) in [7, 11) is 3.04. The molecule has 1 aliphatic heterocycles. The molecular formula is C15H25ClN2O4. The van der Waals surface area contributed by atoms with Crippen LogP contribution >= 0.6 is 12.4 Å². The molecule has 1 aromatic rings. The summed E-state index contributed by atoms with van der Waals surface area (Å²) in [6, 6.07) is 3.72. The molecule has 1 aromatic carbocycles. The van der Waals surface area contributed by atoms with Crippen molar-refractivity contribution in [3.8, 4) is 17.2 Å². The Morgan fingerprint density at radius 2 is 1.73 bits per heavy atom. The maximum Gasteiger partial charge on any atom is 0.200 e. The van der Waals surface area contributed by atoms with E-state index >= 15 is 0 Å². The number of nitrogens with one attached hydrogen (secondary N) is 1. The van der Waals surface area contributed by atoms with Gasteiger partial charge in [-0.05, 0) is 24.1 Å². The fraction of sp³-hybridized carbons (Fsp3) is 0.600. The zero-order valence-electron chi connectivity index (χ0n) is 13.0. The Bertz CT molecular complexity index is 442. The first-order valence-electron chi connectivity index (χ1n) is 7.21. The van der Waals surface area contributed by atoms with Gasteiger partial charge in [0, 0.05) is 38.8 Å². The van der Waals surface area contributed by atoms with Crippen molar-refractivity contribution < 1.29 is 19.7 Å². The Morgan fingerprint density at radius 1 is 1.18 bits per heavy atom. The molecule has 0 bridgehead atoms. The van der Waals surface area contributed by atoms with Crippen LogP contribution in [0.4, 0.5) is 0 Å². The number of phenols is 1. The molecule has 0 aromatic heterocycles. The highest BCUT2D eigenvalue weighted by molar-refractivity contribution is 5.85. The summed E-state index contributed by atoms with van der Waals surface area (Å²) >= 11 is 0. The number of hydrogen-bond donors (Lipinski definition) is 3. The number of methoxy groups -OCH3 is 2. The number of benzene rings is 1. The first kappa shape index (κ1) is 18.8. The highest BCUT2D eigenvalue weighted by Gasteiger charge is 2.24. The minimum Gasteiger partial charge on any atom is -0.502 e. The minimum atomic E-state index is 0. The summed E-state index contributed by atoms with van der Waals surface area (Å²) < 4.78 is 10.4. The monoisotopic (exact) mass is 332 g/mol. The van der Waals surface area contributed by atoms with Crippen LogP contribution in [-0.4, -0.2) is 62.1 Å². The lowest BCUT2D eigenvalue weighted by Crippen LogP contribution is -2.45. The highest BCUT2D eigenvalue weighted by atomic mass is 35.5. The maximum atomic E-state index is 10.0. The zero-order chi connectivity index (χ0) is 15.2. The molecule has 7 heteroatoms. The van der Waals surface area contributed by atoms with Gasteiger partial charge >= 0.3 is 0 Å². The van der Waals surface area contributed by atoms with Crippen LogP contribution in [0, 0.1) is 0 Å². The van der Waals surface area contributed by atoms with E-state index in [1.54, 1.807) is 0 Å². The lowest BCUT2D eigenvalue weighted by atomic mass is 10.00. The summed E-state index contributed by atoms with van der Waals surface area (Å²) in [6.07, 6.45) is 0.636. The molecule has 1 atom stereocenters. The van der Waals surface area contributed by atoms with Crippen molar-refractivity contribution >= 4 is 12.4 Å². The molecule has 6 nitrogen and oxygen atoms in total. The zero-order valence-corrected chi connectivity index (χ0v) is 13.9. The molecule has 22 heavy (non-hydrogen) atoms. The van der Waals surface area contributed by atoms with E-state index in [0.29, 0.717) is 17.9 Å². The number of hydrogen-bond acceptors (Lipinski definition) is 6. The third kappa shape index (κ3) is 4.16. The molecule has 0 spiro atoms. The smallest absolute Gasteiger partial charge is 0.200 e. The first-order chi connectivity index (χ1) is 10.2. The second kappa shape index (κ2) is 9.05. The third-order valence-corrected chi connectivity index (χ3v) is 3.88. The van der Waals surface area contributed by atoms with E-state index in [1.165, 1.54) is 14.2 Å². The van der Waals surface area contributed by atoms with E-state index in [2.05, 4.69) is 10.2 Å². The van der Waals surface area contributed by atoms with E-state index in [9.17, 15) is 10.2 Å². The van der Waals surface area contributed by atoms with Crippen LogP contribution in [0.15, 0.2) is 12.1 Å². The van der Waals surface area contributed by atoms with Crippen molar-refractivity contribution in [2.45, 2.75) is 12.5 Å². The maximum absolute atomic E-state index is 10.0. The van der Waals surface area contributed by atoms with Crippen LogP contribution in [0.25, 0.3) is 0 Å². The molecule has 1 saturated heterocycles. The Kier molecular flexibility index (Phi) is 7.75. The van der Waals surface area contributed by atoms with Gasteiger partial charge in [-0.2, -0.15) is 0 Å². The second-order valence-electron chi connectivity index (χ2n) is 5.09. The molecular weight excluding hydrogens is 308 g/mol. The molecule has 1 fully saturated rings. The summed E-state index contributed by atoms with van der Waals surface area (Å²) in [5, 5.41) is 22.7. The number of aromatic hydroxyl groups is 1. The summed E-state index contributed by atoms with van der Waals surface area (Å²) in [5.41, 5.74) is 0.984. The van der Waals surface area contributed by atoms with Crippen LogP contribution in [0.2, 0.25) is 0 Å². The molecule has 0 saturated carbocycles. The van der Waals surface area contributed by atoms with Crippen LogP contribution in [0.1, 0.15) is 18.0 Å². The SMILES string of the molecule is COc1cc([C@@H](CCO)N2CCNCC2)cc(OC)c1O.Cl. The second-order valence-corrected chi connectivity index (χ2v) is 5.09. The van der Waals surface area contributed by atoms with Crippen molar-refractivity contribution in [1.29, 1.82) is 0 Å². The van der Waals surface area contributed by atoms with Gasteiger partial charge in [0.2, 0.25) is 5.75 Å². The van der Waals surface area contributed by atoms with Crippen molar-refractivity contribution in [2.24, 2.45) is 0 Å². The Morgan fingerprint density at radius 3 is 2.18 bits per heavy atom. The molecule has 0 radical (unpaired) electrons. The molecule has 0 aliphatic carbocycles. The van der Waals surface area contributed by atoms with Gasteiger partial charge in [-0.1, -0.05) is 0 Å². The predicted molar refractivity (Wildman–Crippen MR) is 87.3 cm³/mol. The topological polar surface area (TPSA) is 74.2 Å². The van der Waals surface area contributed by atoms with Gasteiger partial charge in [0.1, 0.15) is 0 Å². The summed E-state index contributed by atoms with van der Waals surface area (Å²) in [4.78, 5) is 2.33. The molecule has 0 amide bonds. The average molecular weight is 333 g/mol. The van der Waals surface area contributed by atoms with Gasteiger partial charge in [-0.3, -0.25) is 4.90 Å². The van der Waals surface area contributed by atoms with Gasteiger partial charge in [0.25, 0.3) is 0 Å². The van der Waals surface area contributed by atoms with Gasteiger partial charge in [-0.15, -0.1) is 12.4 Å². The van der Waals surface area contributed by atoms with Gasteiger partial charge < -0.3 is 25.0 Å². The number of ether oxygens (including phenoxy) is 2. The van der Waals surface area contributed by atoms with Gasteiger partial charge in [0.05, 0.1) is 14.2 Å². The first-order valence-corrected chi connectivity index (χ1v) is 7.21. The van der Waals surface area contributed by atoms with E-state index in [-0.39, 0.29) is 30.8 Å². The van der Waals surface area contributed by atoms with Crippen LogP contribution in [0.3, 0.4) is 0 Å². The summed E-state index contributed by atoms with van der Waals surface area (Å²) in [6.45, 7) is 3.84. The largest absolute Gasteiger partial charge is 0.502 e. The Balaban J connectivity index is 0.00000242. The van der Waals surface area contributed by atoms with Crippen molar-refractivity contribution in [2.75, 3.05) is 47.0 Å². The van der Waals surface area contributed by atoms with Gasteiger partial charge in [0.15, 0.2) is 11.5 Å². The Labute approximate surface area is 137 Å². The van der Waals surface area contributed by atoms with E-state index in [0.717, 1.165) is 31.7 Å². The van der Waals surface area contributed by atoms with E-state index < -0.39 is 0 Å². The molecule has 126 valence electrons. The molecule has 3 N–H and O–H groups in total. The molecule has 1 heterocycles. The molecule has 0 unspecified atom stereocenters. The predicted octanol–water partition coefficient (Wildman–Crippen LogP) is 1.16. The quantitative estimate of drug-likeness (QED) is 0.726. The standard InChI is InChI=1S/C15H24N2O4.ClH/c1-20-13-9-11(10-14(21-2)15(13)19)12(3-8-18)17-6-4-16-5-7-17;/h9-10,12,16,18-19H,3-8H2,1-2H3;1H/t12-;/m1./s1. The fourth-order valence-corrected chi connectivity index (χ4v) is 2.78. The van der Waals surface area contributed by atoms with Crippen molar-refractivity contribution in [3.63, 3.8) is 0 Å². The van der Waals surface area contributed by atoms with Crippen molar-refractivity contribution in [3.05, 3.63) is 17.7 Å². The number of phenolic OH excluding ortho intramolecular Hbond substituents is 1. The highest BCUT2D eigenvalue weighted by Crippen LogP contribution is 2.40. The third-order valence-electron chi connectivity index (χ3n) is 3.88. The normalized spacial score (nSPS) is 16.7. The minimum absolute atomic E-state index is 0. The number of aliphatic hydroxyl groups excluding tert-OH is 1. The van der Waals surface area contributed by atoms with E-state index in [4.69, 9.17) is 9.47 Å². The number of nitrogens with zero attached hydrogens (tertiary/aromatic N) is 1.